The fourth-order valence-electron chi connectivity index (χ4n) is 14.2. The largest absolute Gasteiger partial charge is 0.394 e. The Balaban J connectivity index is 1.09. The first-order chi connectivity index (χ1) is 21.4. The molecule has 0 amide bonds. The van der Waals surface area contributed by atoms with Crippen molar-refractivity contribution in [1.82, 2.24) is 0 Å². The summed E-state index contributed by atoms with van der Waals surface area (Å²) in [5, 5.41) is 64.9. The van der Waals surface area contributed by atoms with Gasteiger partial charge in [0.2, 0.25) is 0 Å². The van der Waals surface area contributed by atoms with Crippen molar-refractivity contribution < 1.29 is 49.6 Å². The first kappa shape index (κ1) is 32.8. The molecule has 46 heavy (non-hydrogen) atoms. The van der Waals surface area contributed by atoms with Crippen molar-refractivity contribution >= 4 is 0 Å². The van der Waals surface area contributed by atoms with Gasteiger partial charge < -0.3 is 49.6 Å². The topological polar surface area (TPSA) is 158 Å². The average Bonchev–Trinajstić information content (AvgIpc) is 3.50. The van der Waals surface area contributed by atoms with Gasteiger partial charge in [-0.1, -0.05) is 34.6 Å². The minimum atomic E-state index is -1.46. The lowest BCUT2D eigenvalue weighted by Crippen LogP contribution is -2.62. The van der Waals surface area contributed by atoms with Gasteiger partial charge in [-0.25, -0.2) is 0 Å². The smallest absolute Gasteiger partial charge is 0.199 e. The van der Waals surface area contributed by atoms with Crippen LogP contribution in [-0.4, -0.2) is 104 Å². The molecule has 0 unspecified atom stereocenters. The van der Waals surface area contributed by atoms with Gasteiger partial charge in [-0.2, -0.15) is 0 Å². The summed E-state index contributed by atoms with van der Waals surface area (Å²) in [5.74, 6) is -0.0409. The minimum Gasteiger partial charge on any atom is -0.394 e. The predicted molar refractivity (Wildman–Crippen MR) is 165 cm³/mol. The molecule has 10 nitrogen and oxygen atoms in total. The van der Waals surface area contributed by atoms with E-state index in [1.54, 1.807) is 13.8 Å². The van der Waals surface area contributed by atoms with Gasteiger partial charge in [0.05, 0.1) is 24.4 Å². The van der Waals surface area contributed by atoms with Crippen LogP contribution in [0, 0.1) is 50.7 Å². The maximum absolute atomic E-state index is 12.7. The van der Waals surface area contributed by atoms with Gasteiger partial charge in [0.1, 0.15) is 36.6 Å². The Labute approximate surface area is 273 Å². The van der Waals surface area contributed by atoms with Crippen LogP contribution >= 0.6 is 0 Å². The third kappa shape index (κ3) is 3.63. The molecule has 3 heterocycles. The zero-order chi connectivity index (χ0) is 33.2. The highest BCUT2D eigenvalue weighted by molar-refractivity contribution is 5.34. The molecule has 8 rings (SSSR count). The molecule has 6 N–H and O–H groups in total. The molecule has 0 radical (unpaired) electrons. The lowest BCUT2D eigenvalue weighted by atomic mass is 9.41. The molecule has 10 heteroatoms. The minimum absolute atomic E-state index is 0.0486. The molecule has 2 bridgehead atoms. The molecule has 3 spiro atoms. The van der Waals surface area contributed by atoms with E-state index in [0.717, 1.165) is 51.4 Å². The van der Waals surface area contributed by atoms with E-state index in [4.69, 9.17) is 18.9 Å². The number of aliphatic hydroxyl groups excluding tert-OH is 5. The van der Waals surface area contributed by atoms with Gasteiger partial charge in [0.15, 0.2) is 12.1 Å². The van der Waals surface area contributed by atoms with Crippen molar-refractivity contribution in [3.05, 3.63) is 0 Å². The van der Waals surface area contributed by atoms with Crippen molar-refractivity contribution in [2.75, 3.05) is 6.61 Å². The number of hydrogen-bond donors (Lipinski definition) is 6. The summed E-state index contributed by atoms with van der Waals surface area (Å²) in [6.07, 6.45) is -0.227. The Morgan fingerprint density at radius 1 is 0.848 bits per heavy atom. The molecule has 262 valence electrons. The summed E-state index contributed by atoms with van der Waals surface area (Å²) in [4.78, 5) is 0. The van der Waals surface area contributed by atoms with Crippen molar-refractivity contribution in [2.45, 2.75) is 166 Å². The number of fused-ring (bicyclic) bond motifs is 4. The van der Waals surface area contributed by atoms with Gasteiger partial charge in [0, 0.05) is 11.3 Å². The highest BCUT2D eigenvalue weighted by Crippen LogP contribution is 2.90. The van der Waals surface area contributed by atoms with E-state index in [1.807, 2.05) is 0 Å². The van der Waals surface area contributed by atoms with Crippen molar-refractivity contribution in [1.29, 1.82) is 0 Å². The van der Waals surface area contributed by atoms with Crippen LogP contribution < -0.4 is 0 Å². The van der Waals surface area contributed by atoms with E-state index in [1.165, 1.54) is 0 Å². The van der Waals surface area contributed by atoms with E-state index >= 15 is 0 Å². The lowest BCUT2D eigenvalue weighted by molar-refractivity contribution is -0.326. The standard InChI is InChI=1S/C36H58O10/c1-17-14-18-27(31(4,5)42)46-36(45-18)26(17)32(6)12-13-35-16-34(35)11-10-22(44-28-25(40)24(39)23(38)19(15-37)43-28)30(2,3)20(34)8-9-21(35)33(32,7)29(36)41/h17-29,37-42H,8-16H2,1-7H3/t17-,18-,19-,20+,21+,22+,23+,24+,25-,26-,27-,28+,29-,32-,33-,34-,35+,36+/m1/s1. The van der Waals surface area contributed by atoms with Crippen molar-refractivity contribution in [2.24, 2.45) is 50.7 Å². The molecule has 5 saturated carbocycles. The fourth-order valence-corrected chi connectivity index (χ4v) is 14.2. The van der Waals surface area contributed by atoms with E-state index in [0.29, 0.717) is 17.8 Å². The zero-order valence-corrected chi connectivity index (χ0v) is 28.7. The van der Waals surface area contributed by atoms with E-state index in [-0.39, 0.29) is 39.8 Å². The number of aliphatic hydroxyl groups is 6. The van der Waals surface area contributed by atoms with E-state index in [9.17, 15) is 30.6 Å². The average molecular weight is 651 g/mol. The second-order valence-corrected chi connectivity index (χ2v) is 18.7. The van der Waals surface area contributed by atoms with Crippen LogP contribution in [0.2, 0.25) is 0 Å². The molecule has 0 aromatic heterocycles. The zero-order valence-electron chi connectivity index (χ0n) is 28.7. The normalized spacial score (nSPS) is 61.6. The predicted octanol–water partition coefficient (Wildman–Crippen LogP) is 2.48. The molecule has 5 aliphatic carbocycles. The quantitative estimate of drug-likeness (QED) is 0.250. The molecular formula is C36H58O10. The molecule has 18 atom stereocenters. The van der Waals surface area contributed by atoms with Crippen LogP contribution in [0.25, 0.3) is 0 Å². The SMILES string of the molecule is C[C@@H]1C[C@H]2O[C@@]3(O[C@H]2C(C)(C)O)[C@H](O)[C@@]2(C)[C@@H]4CC[C@H]5C(C)(C)[C@@H](O[C@@H]6O[C@H](CO)[C@H](O)[C@H](O)[C@H]6O)CC[C@@]56C[C@@]46CC[C@]2(C)[C@@H]13. The highest BCUT2D eigenvalue weighted by atomic mass is 16.8. The molecule has 3 saturated heterocycles. The first-order valence-corrected chi connectivity index (χ1v) is 18.1. The monoisotopic (exact) mass is 650 g/mol. The van der Waals surface area contributed by atoms with Crippen LogP contribution in [-0.2, 0) is 18.9 Å². The van der Waals surface area contributed by atoms with Crippen LogP contribution in [0.1, 0.15) is 99.8 Å². The summed E-state index contributed by atoms with van der Waals surface area (Å²) in [6, 6.07) is 0. The van der Waals surface area contributed by atoms with Gasteiger partial charge in [-0.15, -0.1) is 0 Å². The summed E-state index contributed by atoms with van der Waals surface area (Å²) in [5.41, 5.74) is -1.62. The summed E-state index contributed by atoms with van der Waals surface area (Å²) in [7, 11) is 0. The molecule has 3 aliphatic heterocycles. The Kier molecular flexibility index (Phi) is 6.90. The summed E-state index contributed by atoms with van der Waals surface area (Å²) in [6.45, 7) is 14.7. The Morgan fingerprint density at radius 2 is 1.52 bits per heavy atom. The number of rotatable bonds is 4. The molecule has 0 aromatic rings. The second kappa shape index (κ2) is 9.68. The molecule has 0 aromatic carbocycles. The Bertz CT molecular complexity index is 1250. The van der Waals surface area contributed by atoms with Gasteiger partial charge >= 0.3 is 0 Å². The summed E-state index contributed by atoms with van der Waals surface area (Å²) >= 11 is 0. The summed E-state index contributed by atoms with van der Waals surface area (Å²) < 4.78 is 25.9. The highest BCUT2D eigenvalue weighted by Gasteiger charge is 2.88. The second-order valence-electron chi connectivity index (χ2n) is 18.7. The van der Waals surface area contributed by atoms with Crippen LogP contribution in [0.4, 0.5) is 0 Å². The first-order valence-electron chi connectivity index (χ1n) is 18.1. The van der Waals surface area contributed by atoms with Crippen LogP contribution in [0.15, 0.2) is 0 Å². The van der Waals surface area contributed by atoms with Gasteiger partial charge in [0.25, 0.3) is 0 Å². The van der Waals surface area contributed by atoms with Crippen molar-refractivity contribution in [3.63, 3.8) is 0 Å². The van der Waals surface area contributed by atoms with Crippen LogP contribution in [0.5, 0.6) is 0 Å². The number of hydrogen-bond acceptors (Lipinski definition) is 10. The third-order valence-electron chi connectivity index (χ3n) is 16.3. The maximum atomic E-state index is 12.7. The van der Waals surface area contributed by atoms with Crippen molar-refractivity contribution in [3.8, 4) is 0 Å². The Morgan fingerprint density at radius 3 is 2.20 bits per heavy atom. The maximum Gasteiger partial charge on any atom is 0.199 e. The lowest BCUT2D eigenvalue weighted by Gasteiger charge is -2.63. The number of ether oxygens (including phenoxy) is 4. The molecular weight excluding hydrogens is 592 g/mol. The third-order valence-corrected chi connectivity index (χ3v) is 16.3. The molecule has 8 aliphatic rings. The van der Waals surface area contributed by atoms with Gasteiger partial charge in [-0.3, -0.25) is 0 Å². The molecule has 8 fully saturated rings. The van der Waals surface area contributed by atoms with Crippen LogP contribution in [0.3, 0.4) is 0 Å². The Hall–Kier alpha value is -0.400. The van der Waals surface area contributed by atoms with E-state index in [2.05, 4.69) is 34.6 Å². The fraction of sp³-hybridized carbons (Fsp3) is 1.00. The van der Waals surface area contributed by atoms with E-state index < -0.39 is 66.3 Å². The van der Waals surface area contributed by atoms with Gasteiger partial charge in [-0.05, 0) is 105 Å².